The molecule has 1 saturated heterocycles. The third-order valence-electron chi connectivity index (χ3n) is 4.46. The van der Waals surface area contributed by atoms with Gasteiger partial charge in [0, 0.05) is 32.4 Å². The minimum absolute atomic E-state index is 0.0450. The second kappa shape index (κ2) is 6.58. The van der Waals surface area contributed by atoms with Gasteiger partial charge in [-0.05, 0) is 13.0 Å². The molecule has 134 valence electrons. The summed E-state index contributed by atoms with van der Waals surface area (Å²) in [4.78, 5) is 29.4. The molecule has 0 unspecified atom stereocenters. The molecule has 4 heterocycles. The molecule has 0 aliphatic carbocycles. The number of methoxy groups -OCH3 is 1. The number of anilines is 1. The van der Waals surface area contributed by atoms with E-state index in [0.29, 0.717) is 43.3 Å². The molecular formula is C17H18N6O3. The maximum absolute atomic E-state index is 12.8. The molecule has 0 aromatic carbocycles. The molecule has 26 heavy (non-hydrogen) atoms. The molecule has 0 radical (unpaired) electrons. The number of aryl methyl sites for hydroxylation is 1. The molecule has 1 aliphatic rings. The number of carbonyl (C=O) groups excluding carboxylic acids is 1. The Hall–Kier alpha value is -3.23. The van der Waals surface area contributed by atoms with Gasteiger partial charge in [0.15, 0.2) is 5.82 Å². The number of fused-ring (bicyclic) bond motifs is 1. The molecule has 3 aromatic heterocycles. The first kappa shape index (κ1) is 16.2. The highest BCUT2D eigenvalue weighted by molar-refractivity contribution is 5.97. The topological polar surface area (TPSA) is 97.5 Å². The molecule has 1 aliphatic heterocycles. The van der Waals surface area contributed by atoms with E-state index in [2.05, 4.69) is 25.0 Å². The monoisotopic (exact) mass is 354 g/mol. The van der Waals surface area contributed by atoms with Crippen molar-refractivity contribution in [2.24, 2.45) is 0 Å². The maximum atomic E-state index is 12.8. The van der Waals surface area contributed by atoms with Crippen LogP contribution in [-0.4, -0.2) is 64.2 Å². The molecular weight excluding hydrogens is 336 g/mol. The Balaban J connectivity index is 1.46. The largest absolute Gasteiger partial charge is 0.480 e. The highest BCUT2D eigenvalue weighted by atomic mass is 16.5. The van der Waals surface area contributed by atoms with Crippen molar-refractivity contribution < 1.29 is 14.1 Å². The van der Waals surface area contributed by atoms with Crippen molar-refractivity contribution in [3.05, 3.63) is 35.9 Å². The SMILES string of the molecule is COc1cncc(N2CCN(C(=O)c3cnc4onc(C)c4c3)CC2)n1. The van der Waals surface area contributed by atoms with E-state index in [9.17, 15) is 4.79 Å². The fraction of sp³-hybridized carbons (Fsp3) is 0.353. The van der Waals surface area contributed by atoms with Crippen molar-refractivity contribution in [3.8, 4) is 5.88 Å². The van der Waals surface area contributed by atoms with Crippen molar-refractivity contribution in [2.45, 2.75) is 6.92 Å². The summed E-state index contributed by atoms with van der Waals surface area (Å²) in [5.41, 5.74) is 1.71. The van der Waals surface area contributed by atoms with E-state index in [1.165, 1.54) is 6.20 Å². The number of aromatic nitrogens is 4. The Kier molecular flexibility index (Phi) is 4.11. The van der Waals surface area contributed by atoms with Gasteiger partial charge in [-0.1, -0.05) is 5.16 Å². The molecule has 0 saturated carbocycles. The zero-order valence-corrected chi connectivity index (χ0v) is 14.5. The summed E-state index contributed by atoms with van der Waals surface area (Å²) in [5.74, 6) is 1.18. The van der Waals surface area contributed by atoms with E-state index < -0.39 is 0 Å². The first-order valence-corrected chi connectivity index (χ1v) is 8.28. The first-order valence-electron chi connectivity index (χ1n) is 8.28. The lowest BCUT2D eigenvalue weighted by Crippen LogP contribution is -2.49. The summed E-state index contributed by atoms with van der Waals surface area (Å²) < 4.78 is 10.2. The van der Waals surface area contributed by atoms with Crippen LogP contribution >= 0.6 is 0 Å². The molecule has 0 N–H and O–H groups in total. The van der Waals surface area contributed by atoms with Crippen LogP contribution in [0.4, 0.5) is 5.82 Å². The Morgan fingerprint density at radius 1 is 1.19 bits per heavy atom. The van der Waals surface area contributed by atoms with Crippen LogP contribution in [0.1, 0.15) is 16.1 Å². The lowest BCUT2D eigenvalue weighted by Gasteiger charge is -2.35. The third-order valence-corrected chi connectivity index (χ3v) is 4.46. The van der Waals surface area contributed by atoms with Crippen LogP contribution in [0.15, 0.2) is 29.2 Å². The van der Waals surface area contributed by atoms with Gasteiger partial charge in [-0.3, -0.25) is 9.78 Å². The van der Waals surface area contributed by atoms with E-state index in [1.807, 2.05) is 11.8 Å². The predicted molar refractivity (Wildman–Crippen MR) is 93.2 cm³/mol. The van der Waals surface area contributed by atoms with Gasteiger partial charge in [-0.25, -0.2) is 4.98 Å². The van der Waals surface area contributed by atoms with Crippen molar-refractivity contribution in [1.82, 2.24) is 25.0 Å². The zero-order chi connectivity index (χ0) is 18.1. The molecule has 0 atom stereocenters. The Morgan fingerprint density at radius 3 is 2.77 bits per heavy atom. The first-order chi connectivity index (χ1) is 12.7. The summed E-state index contributed by atoms with van der Waals surface area (Å²) in [6, 6.07) is 1.79. The second-order valence-corrected chi connectivity index (χ2v) is 6.04. The van der Waals surface area contributed by atoms with E-state index in [-0.39, 0.29) is 5.91 Å². The number of amides is 1. The standard InChI is InChI=1S/C17H18N6O3/c1-11-13-7-12(8-19-16(13)26-21-11)17(24)23-5-3-22(4-6-23)14-9-18-10-15(20-14)25-2/h7-10H,3-6H2,1-2H3. The van der Waals surface area contributed by atoms with Gasteiger partial charge in [0.1, 0.15) is 0 Å². The summed E-state index contributed by atoms with van der Waals surface area (Å²) in [7, 11) is 1.56. The molecule has 3 aromatic rings. The number of piperazine rings is 1. The fourth-order valence-electron chi connectivity index (χ4n) is 2.97. The second-order valence-electron chi connectivity index (χ2n) is 6.04. The highest BCUT2D eigenvalue weighted by Crippen LogP contribution is 2.20. The predicted octanol–water partition coefficient (Wildman–Crippen LogP) is 1.29. The number of pyridine rings is 1. The quantitative estimate of drug-likeness (QED) is 0.694. The van der Waals surface area contributed by atoms with Crippen molar-refractivity contribution in [1.29, 1.82) is 0 Å². The lowest BCUT2D eigenvalue weighted by molar-refractivity contribution is 0.0746. The number of carbonyl (C=O) groups is 1. The van der Waals surface area contributed by atoms with Crippen LogP contribution in [0.2, 0.25) is 0 Å². The van der Waals surface area contributed by atoms with E-state index >= 15 is 0 Å². The van der Waals surface area contributed by atoms with Gasteiger partial charge < -0.3 is 19.1 Å². The van der Waals surface area contributed by atoms with Crippen LogP contribution in [0.5, 0.6) is 5.88 Å². The van der Waals surface area contributed by atoms with Crippen molar-refractivity contribution in [3.63, 3.8) is 0 Å². The van der Waals surface area contributed by atoms with Gasteiger partial charge in [0.05, 0.1) is 36.1 Å². The maximum Gasteiger partial charge on any atom is 0.257 e. The molecule has 9 heteroatoms. The number of hydrogen-bond acceptors (Lipinski definition) is 8. The van der Waals surface area contributed by atoms with Gasteiger partial charge in [-0.15, -0.1) is 0 Å². The molecule has 0 bridgehead atoms. The minimum atomic E-state index is -0.0450. The summed E-state index contributed by atoms with van der Waals surface area (Å²) in [6.07, 6.45) is 4.81. The highest BCUT2D eigenvalue weighted by Gasteiger charge is 2.24. The minimum Gasteiger partial charge on any atom is -0.480 e. The van der Waals surface area contributed by atoms with Crippen molar-refractivity contribution >= 4 is 22.8 Å². The van der Waals surface area contributed by atoms with E-state index in [1.54, 1.807) is 25.6 Å². The fourth-order valence-corrected chi connectivity index (χ4v) is 2.97. The van der Waals surface area contributed by atoms with Gasteiger partial charge >= 0.3 is 0 Å². The normalized spacial score (nSPS) is 14.7. The third kappa shape index (κ3) is 2.92. The lowest BCUT2D eigenvalue weighted by atomic mass is 10.1. The van der Waals surface area contributed by atoms with E-state index in [0.717, 1.165) is 16.9 Å². The zero-order valence-electron chi connectivity index (χ0n) is 14.5. The molecule has 4 rings (SSSR count). The smallest absolute Gasteiger partial charge is 0.257 e. The van der Waals surface area contributed by atoms with Crippen molar-refractivity contribution in [2.75, 3.05) is 38.2 Å². The number of rotatable bonds is 3. The Labute approximate surface area is 149 Å². The number of nitrogens with zero attached hydrogens (tertiary/aromatic N) is 6. The Morgan fingerprint density at radius 2 is 2.00 bits per heavy atom. The van der Waals surface area contributed by atoms with Crippen LogP contribution in [0.25, 0.3) is 11.1 Å². The molecule has 1 amide bonds. The van der Waals surface area contributed by atoms with Crippen LogP contribution in [-0.2, 0) is 0 Å². The summed E-state index contributed by atoms with van der Waals surface area (Å²) >= 11 is 0. The number of ether oxygens (including phenoxy) is 1. The summed E-state index contributed by atoms with van der Waals surface area (Å²) in [5, 5.41) is 4.64. The van der Waals surface area contributed by atoms with Gasteiger partial charge in [0.2, 0.25) is 5.88 Å². The average Bonchev–Trinajstić information content (AvgIpc) is 3.08. The van der Waals surface area contributed by atoms with E-state index in [4.69, 9.17) is 9.26 Å². The molecule has 9 nitrogen and oxygen atoms in total. The summed E-state index contributed by atoms with van der Waals surface area (Å²) in [6.45, 7) is 4.37. The van der Waals surface area contributed by atoms with Crippen LogP contribution in [0.3, 0.4) is 0 Å². The van der Waals surface area contributed by atoms with Gasteiger partial charge in [-0.2, -0.15) is 4.98 Å². The number of hydrogen-bond donors (Lipinski definition) is 0. The Bertz CT molecular complexity index is 949. The molecule has 1 fully saturated rings. The van der Waals surface area contributed by atoms with Gasteiger partial charge in [0.25, 0.3) is 11.6 Å². The molecule has 0 spiro atoms. The van der Waals surface area contributed by atoms with Crippen LogP contribution < -0.4 is 9.64 Å². The average molecular weight is 354 g/mol. The van der Waals surface area contributed by atoms with Crippen LogP contribution in [0, 0.1) is 6.92 Å².